The lowest BCUT2D eigenvalue weighted by Gasteiger charge is -2.37. The van der Waals surface area contributed by atoms with Crippen LogP contribution in [-0.2, 0) is 27.4 Å². The highest BCUT2D eigenvalue weighted by molar-refractivity contribution is 5.82. The number of esters is 1. The molecule has 1 N–H and O–H groups in total. The van der Waals surface area contributed by atoms with Crippen LogP contribution >= 0.6 is 0 Å². The van der Waals surface area contributed by atoms with Gasteiger partial charge in [-0.15, -0.1) is 0 Å². The van der Waals surface area contributed by atoms with Gasteiger partial charge >= 0.3 is 5.97 Å². The molecule has 0 aromatic carbocycles. The number of allylic oxidation sites excluding steroid dienone is 4. The summed E-state index contributed by atoms with van der Waals surface area (Å²) in [5, 5.41) is 3.51. The Kier molecular flexibility index (Phi) is 4.34. The minimum Gasteiger partial charge on any atom is -0.458 e. The first-order valence-electron chi connectivity index (χ1n) is 11.4. The van der Waals surface area contributed by atoms with Crippen LogP contribution in [0.25, 0.3) is 5.70 Å². The number of carbonyl (C=O) groups excluding carboxylic acids is 1. The van der Waals surface area contributed by atoms with Crippen LogP contribution in [0.4, 0.5) is 4.39 Å². The first-order valence-corrected chi connectivity index (χ1v) is 11.4. The summed E-state index contributed by atoms with van der Waals surface area (Å²) in [5.41, 5.74) is 7.89. The quantitative estimate of drug-likeness (QED) is 0.732. The van der Waals surface area contributed by atoms with E-state index in [-0.39, 0.29) is 24.0 Å². The zero-order chi connectivity index (χ0) is 22.1. The van der Waals surface area contributed by atoms with E-state index in [0.717, 1.165) is 53.8 Å². The maximum Gasteiger partial charge on any atom is 0.340 e. The third kappa shape index (κ3) is 2.60. The van der Waals surface area contributed by atoms with E-state index in [9.17, 15) is 14.0 Å². The minimum absolute atomic E-state index is 0.0338. The summed E-state index contributed by atoms with van der Waals surface area (Å²) in [7, 11) is 0. The molecule has 0 saturated heterocycles. The summed E-state index contributed by atoms with van der Waals surface area (Å²) in [6.07, 6.45) is 4.28. The van der Waals surface area contributed by atoms with Crippen molar-refractivity contribution in [3.8, 4) is 0 Å². The molecule has 6 rings (SSSR count). The molecule has 0 bridgehead atoms. The summed E-state index contributed by atoms with van der Waals surface area (Å²) in [6.45, 7) is 4.66. The predicted molar refractivity (Wildman–Crippen MR) is 116 cm³/mol. The van der Waals surface area contributed by atoms with Crippen molar-refractivity contribution in [2.24, 2.45) is 0 Å². The molecule has 4 heterocycles. The summed E-state index contributed by atoms with van der Waals surface area (Å²) >= 11 is 0. The first-order chi connectivity index (χ1) is 15.5. The standard InChI is InChI=1S/C25H25FN2O4/c1-3-7-31-23-15-8-20-22-16(10-28(20)24(29)17(15)11-32-25(23)30)14-6-4-5-13-12(2)18(26)9-19(27-22)21(13)14/h8-9,19,23,27H,3-7,10-11H2,1-2H3. The van der Waals surface area contributed by atoms with Gasteiger partial charge in [-0.1, -0.05) is 6.92 Å². The minimum atomic E-state index is -0.890. The number of halogens is 1. The fourth-order valence-electron chi connectivity index (χ4n) is 5.73. The van der Waals surface area contributed by atoms with Crippen molar-refractivity contribution in [3.05, 3.63) is 73.0 Å². The zero-order valence-electron chi connectivity index (χ0n) is 18.2. The summed E-state index contributed by atoms with van der Waals surface area (Å²) in [6, 6.07) is 1.66. The van der Waals surface area contributed by atoms with E-state index in [1.165, 1.54) is 11.1 Å². The first kappa shape index (κ1) is 19.7. The Morgan fingerprint density at radius 1 is 1.25 bits per heavy atom. The Balaban J connectivity index is 1.51. The topological polar surface area (TPSA) is 69.6 Å². The van der Waals surface area contributed by atoms with Crippen molar-refractivity contribution >= 4 is 11.7 Å². The predicted octanol–water partition coefficient (Wildman–Crippen LogP) is 3.73. The fraction of sp³-hybridized carbons (Fsp3) is 0.440. The van der Waals surface area contributed by atoms with Crippen LogP contribution in [0.2, 0.25) is 0 Å². The average molecular weight is 436 g/mol. The van der Waals surface area contributed by atoms with Crippen LogP contribution in [0.5, 0.6) is 0 Å². The van der Waals surface area contributed by atoms with E-state index in [1.54, 1.807) is 10.6 Å². The van der Waals surface area contributed by atoms with E-state index in [0.29, 0.717) is 24.3 Å². The van der Waals surface area contributed by atoms with Gasteiger partial charge in [0.15, 0.2) is 6.10 Å². The number of rotatable bonds is 3. The molecule has 7 heteroatoms. The second-order valence-corrected chi connectivity index (χ2v) is 9.05. The number of nitrogens with one attached hydrogen (secondary N) is 1. The maximum atomic E-state index is 14.7. The van der Waals surface area contributed by atoms with E-state index >= 15 is 0 Å². The molecule has 2 unspecified atom stereocenters. The average Bonchev–Trinajstić information content (AvgIpc) is 3.16. The zero-order valence-corrected chi connectivity index (χ0v) is 18.2. The Labute approximate surface area is 185 Å². The van der Waals surface area contributed by atoms with Gasteiger partial charge in [-0.3, -0.25) is 4.79 Å². The molecule has 1 aromatic heterocycles. The van der Waals surface area contributed by atoms with Gasteiger partial charge in [0, 0.05) is 17.7 Å². The summed E-state index contributed by atoms with van der Waals surface area (Å²) in [5.74, 6) is -0.637. The van der Waals surface area contributed by atoms with Gasteiger partial charge in [0.2, 0.25) is 0 Å². The van der Waals surface area contributed by atoms with Crippen LogP contribution in [0.15, 0.2) is 50.6 Å². The van der Waals surface area contributed by atoms with Crippen LogP contribution in [0, 0.1) is 0 Å². The Hall–Kier alpha value is -2.93. The molecule has 1 aromatic rings. The van der Waals surface area contributed by atoms with Crippen LogP contribution in [0.3, 0.4) is 0 Å². The molecule has 5 aliphatic rings. The molecule has 0 amide bonds. The number of pyridine rings is 1. The number of fused-ring (bicyclic) bond motifs is 4. The number of dihydropyridines is 1. The Morgan fingerprint density at radius 3 is 2.88 bits per heavy atom. The second-order valence-electron chi connectivity index (χ2n) is 9.05. The number of ether oxygens (including phenoxy) is 2. The third-order valence-electron chi connectivity index (χ3n) is 7.26. The molecule has 0 fully saturated rings. The van der Waals surface area contributed by atoms with Crippen LogP contribution in [-0.4, -0.2) is 23.2 Å². The normalized spacial score (nSPS) is 25.6. The van der Waals surface area contributed by atoms with Gasteiger partial charge in [0.25, 0.3) is 5.56 Å². The van der Waals surface area contributed by atoms with Crippen molar-refractivity contribution in [2.45, 2.75) is 64.8 Å². The highest BCUT2D eigenvalue weighted by Crippen LogP contribution is 2.48. The molecular weight excluding hydrogens is 411 g/mol. The second kappa shape index (κ2) is 7.04. The molecule has 166 valence electrons. The van der Waals surface area contributed by atoms with E-state index in [1.807, 2.05) is 19.9 Å². The number of hydrogen-bond donors (Lipinski definition) is 1. The van der Waals surface area contributed by atoms with Crippen molar-refractivity contribution in [1.29, 1.82) is 0 Å². The summed E-state index contributed by atoms with van der Waals surface area (Å²) in [4.78, 5) is 25.8. The molecule has 32 heavy (non-hydrogen) atoms. The van der Waals surface area contributed by atoms with Gasteiger partial charge in [0.05, 0.1) is 29.5 Å². The lowest BCUT2D eigenvalue weighted by atomic mass is 9.74. The lowest BCUT2D eigenvalue weighted by Crippen LogP contribution is -2.37. The molecule has 2 aliphatic carbocycles. The largest absolute Gasteiger partial charge is 0.458 e. The number of cyclic esters (lactones) is 1. The highest BCUT2D eigenvalue weighted by atomic mass is 19.1. The highest BCUT2D eigenvalue weighted by Gasteiger charge is 2.41. The lowest BCUT2D eigenvalue weighted by molar-refractivity contribution is -0.162. The molecule has 0 spiro atoms. The van der Waals surface area contributed by atoms with Crippen molar-refractivity contribution in [1.82, 2.24) is 9.88 Å². The Bertz CT molecular complexity index is 1260. The van der Waals surface area contributed by atoms with Crippen molar-refractivity contribution in [2.75, 3.05) is 6.61 Å². The van der Waals surface area contributed by atoms with Gasteiger partial charge in [-0.25, -0.2) is 9.18 Å². The number of nitrogens with zero attached hydrogens (tertiary/aromatic N) is 1. The van der Waals surface area contributed by atoms with Crippen LogP contribution < -0.4 is 10.9 Å². The number of carbonyl (C=O) groups is 1. The third-order valence-corrected chi connectivity index (χ3v) is 7.26. The van der Waals surface area contributed by atoms with Gasteiger partial charge in [-0.2, -0.15) is 0 Å². The smallest absolute Gasteiger partial charge is 0.340 e. The molecule has 0 radical (unpaired) electrons. The molecule has 6 nitrogen and oxygen atoms in total. The van der Waals surface area contributed by atoms with E-state index < -0.39 is 12.1 Å². The molecule has 3 aliphatic heterocycles. The molecular formula is C25H25FN2O4. The monoisotopic (exact) mass is 436 g/mol. The Morgan fingerprint density at radius 2 is 2.06 bits per heavy atom. The van der Waals surface area contributed by atoms with Crippen molar-refractivity contribution < 1.29 is 18.7 Å². The molecule has 0 saturated carbocycles. The summed E-state index contributed by atoms with van der Waals surface area (Å²) < 4.78 is 27.5. The van der Waals surface area contributed by atoms with Gasteiger partial charge in [-0.05, 0) is 67.0 Å². The fourth-order valence-corrected chi connectivity index (χ4v) is 5.73. The van der Waals surface area contributed by atoms with E-state index in [4.69, 9.17) is 9.47 Å². The van der Waals surface area contributed by atoms with Gasteiger partial charge in [0.1, 0.15) is 12.4 Å². The van der Waals surface area contributed by atoms with Crippen LogP contribution in [0.1, 0.15) is 62.5 Å². The maximum absolute atomic E-state index is 14.7. The van der Waals surface area contributed by atoms with Gasteiger partial charge < -0.3 is 19.4 Å². The number of aromatic nitrogens is 1. The SMILES string of the molecule is CCCOC1C(=O)OCc2c1cc1n(c2=O)CC2=C1NC1C=C(F)C(C)=C3CCCC2=C31. The molecule has 2 atom stereocenters. The number of hydrogen-bond acceptors (Lipinski definition) is 5. The van der Waals surface area contributed by atoms with Crippen molar-refractivity contribution in [3.63, 3.8) is 0 Å². The van der Waals surface area contributed by atoms with E-state index in [2.05, 4.69) is 5.32 Å².